The van der Waals surface area contributed by atoms with Crippen LogP contribution in [0.25, 0.3) is 0 Å². The van der Waals surface area contributed by atoms with Crippen LogP contribution in [0, 0.1) is 5.92 Å². The van der Waals surface area contributed by atoms with Crippen LogP contribution < -0.4 is 0 Å². The molecule has 0 amide bonds. The lowest BCUT2D eigenvalue weighted by atomic mass is 9.93. The van der Waals surface area contributed by atoms with Crippen molar-refractivity contribution in [3.8, 4) is 0 Å². The SMILES string of the molecule is CCCC1CCN(CCSc2ccccc2)CC1. The molecule has 100 valence electrons. The summed E-state index contributed by atoms with van der Waals surface area (Å²) in [4.78, 5) is 4.04. The smallest absolute Gasteiger partial charge is 0.0108 e. The fourth-order valence-electron chi connectivity index (χ4n) is 2.72. The zero-order valence-electron chi connectivity index (χ0n) is 11.5. The molecule has 0 aromatic heterocycles. The Bertz CT molecular complexity index is 317. The molecule has 2 heteroatoms. The molecule has 0 bridgehead atoms. The van der Waals surface area contributed by atoms with Gasteiger partial charge in [-0.1, -0.05) is 38.0 Å². The second-order valence-electron chi connectivity index (χ2n) is 5.24. The number of hydrogen-bond acceptors (Lipinski definition) is 2. The van der Waals surface area contributed by atoms with Crippen LogP contribution in [0.4, 0.5) is 0 Å². The maximum absolute atomic E-state index is 2.64. The molecule has 0 aliphatic carbocycles. The molecule has 1 nitrogen and oxygen atoms in total. The fourth-order valence-corrected chi connectivity index (χ4v) is 3.65. The lowest BCUT2D eigenvalue weighted by molar-refractivity contribution is 0.187. The van der Waals surface area contributed by atoms with E-state index in [4.69, 9.17) is 0 Å². The normalized spacial score (nSPS) is 18.1. The minimum Gasteiger partial charge on any atom is -0.302 e. The number of thioether (sulfide) groups is 1. The van der Waals surface area contributed by atoms with Gasteiger partial charge in [-0.2, -0.15) is 0 Å². The molecule has 1 heterocycles. The molecule has 0 radical (unpaired) electrons. The summed E-state index contributed by atoms with van der Waals surface area (Å²) in [6, 6.07) is 10.7. The van der Waals surface area contributed by atoms with E-state index in [1.54, 1.807) is 0 Å². The first-order valence-corrected chi connectivity index (χ1v) is 8.27. The van der Waals surface area contributed by atoms with Gasteiger partial charge >= 0.3 is 0 Å². The average Bonchev–Trinajstić information content (AvgIpc) is 2.42. The van der Waals surface area contributed by atoms with E-state index in [1.165, 1.54) is 56.0 Å². The van der Waals surface area contributed by atoms with E-state index < -0.39 is 0 Å². The Morgan fingerprint density at radius 3 is 2.56 bits per heavy atom. The lowest BCUT2D eigenvalue weighted by Crippen LogP contribution is -2.35. The monoisotopic (exact) mass is 263 g/mol. The van der Waals surface area contributed by atoms with Crippen molar-refractivity contribution < 1.29 is 0 Å². The summed E-state index contributed by atoms with van der Waals surface area (Å²) < 4.78 is 0. The molecule has 1 aliphatic heterocycles. The molecule has 0 saturated carbocycles. The molecule has 0 unspecified atom stereocenters. The maximum Gasteiger partial charge on any atom is 0.0108 e. The minimum atomic E-state index is 1.01. The first-order chi connectivity index (χ1) is 8.88. The van der Waals surface area contributed by atoms with Gasteiger partial charge in [-0.25, -0.2) is 0 Å². The number of nitrogens with zero attached hydrogens (tertiary/aromatic N) is 1. The third kappa shape index (κ3) is 4.66. The highest BCUT2D eigenvalue weighted by molar-refractivity contribution is 7.99. The molecular formula is C16H25NS. The number of piperidine rings is 1. The molecular weight excluding hydrogens is 238 g/mol. The number of likely N-dealkylation sites (tertiary alicyclic amines) is 1. The van der Waals surface area contributed by atoms with E-state index >= 15 is 0 Å². The van der Waals surface area contributed by atoms with E-state index in [2.05, 4.69) is 42.2 Å². The second kappa shape index (κ2) is 7.85. The maximum atomic E-state index is 2.64. The molecule has 1 aliphatic rings. The van der Waals surface area contributed by atoms with E-state index in [1.807, 2.05) is 11.8 Å². The quantitative estimate of drug-likeness (QED) is 0.704. The highest BCUT2D eigenvalue weighted by atomic mass is 32.2. The van der Waals surface area contributed by atoms with Gasteiger partial charge in [-0.15, -0.1) is 11.8 Å². The van der Waals surface area contributed by atoms with Crippen molar-refractivity contribution in [2.24, 2.45) is 5.92 Å². The van der Waals surface area contributed by atoms with Crippen molar-refractivity contribution in [2.75, 3.05) is 25.4 Å². The highest BCUT2D eigenvalue weighted by Gasteiger charge is 2.17. The zero-order chi connectivity index (χ0) is 12.6. The van der Waals surface area contributed by atoms with Gasteiger partial charge in [0.05, 0.1) is 0 Å². The molecule has 1 fully saturated rings. The summed E-state index contributed by atoms with van der Waals surface area (Å²) in [5.74, 6) is 2.23. The number of hydrogen-bond donors (Lipinski definition) is 0. The van der Waals surface area contributed by atoms with Crippen LogP contribution in [0.3, 0.4) is 0 Å². The summed E-state index contributed by atoms with van der Waals surface area (Å²) in [5, 5.41) is 0. The third-order valence-corrected chi connectivity index (χ3v) is 4.82. The summed E-state index contributed by atoms with van der Waals surface area (Å²) >= 11 is 1.98. The van der Waals surface area contributed by atoms with Gasteiger partial charge in [0.15, 0.2) is 0 Å². The van der Waals surface area contributed by atoms with Gasteiger partial charge in [-0.3, -0.25) is 0 Å². The topological polar surface area (TPSA) is 3.24 Å². The van der Waals surface area contributed by atoms with Crippen LogP contribution in [0.1, 0.15) is 32.6 Å². The Hall–Kier alpha value is -0.470. The summed E-state index contributed by atoms with van der Waals surface area (Å²) in [6.07, 6.45) is 5.63. The van der Waals surface area contributed by atoms with Crippen molar-refractivity contribution in [1.29, 1.82) is 0 Å². The predicted octanol–water partition coefficient (Wildman–Crippen LogP) is 4.29. The van der Waals surface area contributed by atoms with Gasteiger partial charge in [0.1, 0.15) is 0 Å². The first-order valence-electron chi connectivity index (χ1n) is 7.28. The summed E-state index contributed by atoms with van der Waals surface area (Å²) in [5.41, 5.74) is 0. The summed E-state index contributed by atoms with van der Waals surface area (Å²) in [6.45, 7) is 6.20. The van der Waals surface area contributed by atoms with Crippen molar-refractivity contribution in [1.82, 2.24) is 4.90 Å². The van der Waals surface area contributed by atoms with E-state index in [9.17, 15) is 0 Å². The third-order valence-electron chi connectivity index (χ3n) is 3.82. The number of benzene rings is 1. The first kappa shape index (κ1) is 14.0. The fraction of sp³-hybridized carbons (Fsp3) is 0.625. The van der Waals surface area contributed by atoms with Crippen molar-refractivity contribution in [3.63, 3.8) is 0 Å². The van der Waals surface area contributed by atoms with Gasteiger partial charge in [0.25, 0.3) is 0 Å². The standard InChI is InChI=1S/C16H25NS/c1-2-6-15-9-11-17(12-10-15)13-14-18-16-7-4-3-5-8-16/h3-5,7-8,15H,2,6,9-14H2,1H3. The molecule has 0 atom stereocenters. The Labute approximate surface area is 116 Å². The highest BCUT2D eigenvalue weighted by Crippen LogP contribution is 2.22. The van der Waals surface area contributed by atoms with Crippen molar-refractivity contribution >= 4 is 11.8 Å². The van der Waals surface area contributed by atoms with E-state index in [-0.39, 0.29) is 0 Å². The van der Waals surface area contributed by atoms with Crippen LogP contribution in [-0.2, 0) is 0 Å². The number of rotatable bonds is 6. The Kier molecular flexibility index (Phi) is 6.09. The van der Waals surface area contributed by atoms with Crippen molar-refractivity contribution in [2.45, 2.75) is 37.5 Å². The van der Waals surface area contributed by atoms with Gasteiger partial charge in [-0.05, 0) is 44.0 Å². The largest absolute Gasteiger partial charge is 0.302 e. The Balaban J connectivity index is 1.61. The van der Waals surface area contributed by atoms with Crippen LogP contribution in [0.5, 0.6) is 0 Å². The minimum absolute atomic E-state index is 1.01. The van der Waals surface area contributed by atoms with Crippen LogP contribution in [0.2, 0.25) is 0 Å². The molecule has 0 N–H and O–H groups in total. The van der Waals surface area contributed by atoms with E-state index in [0.29, 0.717) is 0 Å². The zero-order valence-corrected chi connectivity index (χ0v) is 12.3. The Morgan fingerprint density at radius 1 is 1.17 bits per heavy atom. The van der Waals surface area contributed by atoms with E-state index in [0.717, 1.165) is 5.92 Å². The van der Waals surface area contributed by atoms with Gasteiger partial charge in [0, 0.05) is 17.2 Å². The van der Waals surface area contributed by atoms with Crippen LogP contribution in [0.15, 0.2) is 35.2 Å². The molecule has 0 spiro atoms. The van der Waals surface area contributed by atoms with Crippen LogP contribution >= 0.6 is 11.8 Å². The Morgan fingerprint density at radius 2 is 1.89 bits per heavy atom. The van der Waals surface area contributed by atoms with Crippen LogP contribution in [-0.4, -0.2) is 30.3 Å². The molecule has 1 aromatic carbocycles. The predicted molar refractivity (Wildman–Crippen MR) is 81.2 cm³/mol. The molecule has 18 heavy (non-hydrogen) atoms. The summed E-state index contributed by atoms with van der Waals surface area (Å²) in [7, 11) is 0. The van der Waals surface area contributed by atoms with Gasteiger partial charge < -0.3 is 4.90 Å². The van der Waals surface area contributed by atoms with Gasteiger partial charge in [0.2, 0.25) is 0 Å². The molecule has 1 aromatic rings. The average molecular weight is 263 g/mol. The second-order valence-corrected chi connectivity index (χ2v) is 6.40. The lowest BCUT2D eigenvalue weighted by Gasteiger charge is -2.31. The molecule has 1 saturated heterocycles. The van der Waals surface area contributed by atoms with Crippen molar-refractivity contribution in [3.05, 3.63) is 30.3 Å². The molecule has 2 rings (SSSR count).